The molecule has 0 aromatic heterocycles. The maximum Gasteiger partial charge on any atom is 0.150 e. The van der Waals surface area contributed by atoms with Crippen molar-refractivity contribution in [3.05, 3.63) is 9.76 Å². The van der Waals surface area contributed by atoms with Crippen LogP contribution in [0.15, 0.2) is 9.76 Å². The molecule has 0 saturated carbocycles. The maximum absolute atomic E-state index is 5.46. The molecule has 0 aromatic carbocycles. The van der Waals surface area contributed by atoms with Gasteiger partial charge >= 0.3 is 0 Å². The highest BCUT2D eigenvalue weighted by Gasteiger charge is 2.04. The van der Waals surface area contributed by atoms with E-state index in [1.54, 1.807) is 0 Å². The fourth-order valence-corrected chi connectivity index (χ4v) is 0.543. The summed E-state index contributed by atoms with van der Waals surface area (Å²) in [7, 11) is 0. The van der Waals surface area contributed by atoms with E-state index in [2.05, 4.69) is 32.3 Å². The summed E-state index contributed by atoms with van der Waals surface area (Å²) >= 11 is 8.57. The molecule has 1 aliphatic heterocycles. The van der Waals surface area contributed by atoms with E-state index >= 15 is 0 Å². The predicted molar refractivity (Wildman–Crippen MR) is 31.2 cm³/mol. The molecule has 3 nitrogen and oxygen atoms in total. The third-order valence-electron chi connectivity index (χ3n) is 0.537. The molecule has 0 aromatic rings. The first-order chi connectivity index (χ1) is 3.30. The summed E-state index contributed by atoms with van der Waals surface area (Å²) in [5.41, 5.74) is 7.85. The van der Waals surface area contributed by atoms with Crippen LogP contribution in [0.2, 0.25) is 0 Å². The molecule has 0 radical (unpaired) electrons. The monoisotopic (exact) mass is 183 g/mol. The highest BCUT2D eigenvalue weighted by Crippen LogP contribution is 2.10. The first kappa shape index (κ1) is 5.21. The summed E-state index contributed by atoms with van der Waals surface area (Å²) in [6, 6.07) is 0. The molecule has 1 heterocycles. The quantitative estimate of drug-likeness (QED) is 0.476. The van der Waals surface area contributed by atoms with E-state index < -0.39 is 0 Å². The molecule has 0 atom stereocenters. The Labute approximate surface area is 54.2 Å². The second-order valence-electron chi connectivity index (χ2n) is 1.00. The van der Waals surface area contributed by atoms with Crippen molar-refractivity contribution in [3.8, 4) is 0 Å². The zero-order valence-corrected chi connectivity index (χ0v) is 5.60. The van der Waals surface area contributed by atoms with Crippen LogP contribution in [-0.2, 0) is 0 Å². The molecule has 5 heteroatoms. The average Bonchev–Trinajstić information content (AvgIpc) is 1.91. The lowest BCUT2D eigenvalue weighted by molar-refractivity contribution is 0.607. The van der Waals surface area contributed by atoms with Gasteiger partial charge in [-0.15, -0.1) is 5.53 Å². The Morgan fingerprint density at radius 3 is 2.29 bits per heavy atom. The minimum atomic E-state index is 0.542. The minimum absolute atomic E-state index is 0.542. The van der Waals surface area contributed by atoms with E-state index in [9.17, 15) is 0 Å². The molecular weight excluding hydrogens is 181 g/mol. The highest BCUT2D eigenvalue weighted by molar-refractivity contribution is 9.11. The van der Waals surface area contributed by atoms with E-state index in [0.29, 0.717) is 5.16 Å². The van der Waals surface area contributed by atoms with Gasteiger partial charge in [-0.2, -0.15) is 0 Å². The Kier molecular flexibility index (Phi) is 1.41. The topological polar surface area (TPSA) is 36.1 Å². The Morgan fingerprint density at radius 1 is 1.43 bits per heavy atom. The normalized spacial score (nSPS) is 19.1. The van der Waals surface area contributed by atoms with Crippen molar-refractivity contribution in [3.63, 3.8) is 0 Å². The Bertz CT molecular complexity index is 99.5. The summed E-state index contributed by atoms with van der Waals surface area (Å²) in [4.78, 5) is 0. The third kappa shape index (κ3) is 0.992. The molecular formula is C2H3BrClN3. The Morgan fingerprint density at radius 2 is 2.14 bits per heavy atom. The molecule has 3 N–H and O–H groups in total. The highest BCUT2D eigenvalue weighted by atomic mass is 79.9. The number of hydrogen-bond donors (Lipinski definition) is 3. The van der Waals surface area contributed by atoms with Crippen LogP contribution in [0.1, 0.15) is 0 Å². The SMILES string of the molecule is ClC1=C(Br)NNN1. The van der Waals surface area contributed by atoms with Gasteiger partial charge < -0.3 is 0 Å². The van der Waals surface area contributed by atoms with Gasteiger partial charge in [-0.1, -0.05) is 11.6 Å². The van der Waals surface area contributed by atoms with Gasteiger partial charge in [0.2, 0.25) is 0 Å². The number of rotatable bonds is 0. The van der Waals surface area contributed by atoms with E-state index in [4.69, 9.17) is 11.6 Å². The van der Waals surface area contributed by atoms with Gasteiger partial charge in [-0.25, -0.2) is 0 Å². The van der Waals surface area contributed by atoms with Crippen LogP contribution in [0.4, 0.5) is 0 Å². The average molecular weight is 184 g/mol. The second kappa shape index (κ2) is 1.90. The van der Waals surface area contributed by atoms with E-state index in [-0.39, 0.29) is 0 Å². The molecule has 1 aliphatic rings. The first-order valence-corrected chi connectivity index (χ1v) is 2.80. The van der Waals surface area contributed by atoms with Crippen LogP contribution in [0, 0.1) is 0 Å². The van der Waals surface area contributed by atoms with Crippen molar-refractivity contribution in [1.82, 2.24) is 16.4 Å². The molecule has 1 rings (SSSR count). The maximum atomic E-state index is 5.46. The lowest BCUT2D eigenvalue weighted by atomic mass is 10.9. The van der Waals surface area contributed by atoms with E-state index in [0.717, 1.165) is 4.61 Å². The molecule has 40 valence electrons. The first-order valence-electron chi connectivity index (χ1n) is 1.63. The van der Waals surface area contributed by atoms with Gasteiger partial charge in [-0.3, -0.25) is 10.9 Å². The van der Waals surface area contributed by atoms with Crippen molar-refractivity contribution in [2.75, 3.05) is 0 Å². The van der Waals surface area contributed by atoms with Crippen LogP contribution >= 0.6 is 27.5 Å². The molecule has 7 heavy (non-hydrogen) atoms. The number of hydrogen-bond acceptors (Lipinski definition) is 3. The largest absolute Gasteiger partial charge is 0.295 e. The van der Waals surface area contributed by atoms with Gasteiger partial charge in [0.25, 0.3) is 0 Å². The van der Waals surface area contributed by atoms with Crippen LogP contribution < -0.4 is 16.4 Å². The van der Waals surface area contributed by atoms with Gasteiger partial charge in [-0.05, 0) is 15.9 Å². The lowest BCUT2D eigenvalue weighted by Gasteiger charge is -1.89. The molecule has 0 spiro atoms. The van der Waals surface area contributed by atoms with Gasteiger partial charge in [0, 0.05) is 0 Å². The van der Waals surface area contributed by atoms with Gasteiger partial charge in [0.1, 0.15) is 9.76 Å². The summed E-state index contributed by atoms with van der Waals surface area (Å²) < 4.78 is 0.731. The van der Waals surface area contributed by atoms with Crippen LogP contribution in [0.3, 0.4) is 0 Å². The van der Waals surface area contributed by atoms with Crippen molar-refractivity contribution < 1.29 is 0 Å². The standard InChI is InChI=1S/C2H3BrClN3/c3-1-2(4)6-7-5-1/h5-7H. The van der Waals surface area contributed by atoms with Crippen molar-refractivity contribution in [1.29, 1.82) is 0 Å². The Hall–Kier alpha value is 0.0700. The second-order valence-corrected chi connectivity index (χ2v) is 2.17. The summed E-state index contributed by atoms with van der Waals surface area (Å²) in [6.45, 7) is 0. The molecule has 0 saturated heterocycles. The number of nitrogens with one attached hydrogen (secondary N) is 3. The van der Waals surface area contributed by atoms with Gasteiger partial charge in [0.05, 0.1) is 0 Å². The van der Waals surface area contributed by atoms with Crippen molar-refractivity contribution in [2.24, 2.45) is 0 Å². The summed E-state index contributed by atoms with van der Waals surface area (Å²) in [6.07, 6.45) is 0. The van der Waals surface area contributed by atoms with Crippen molar-refractivity contribution in [2.45, 2.75) is 0 Å². The lowest BCUT2D eigenvalue weighted by Crippen LogP contribution is -2.31. The fraction of sp³-hybridized carbons (Fsp3) is 0. The molecule has 0 amide bonds. The van der Waals surface area contributed by atoms with E-state index in [1.165, 1.54) is 0 Å². The number of halogens is 2. The molecule has 0 fully saturated rings. The molecule has 0 unspecified atom stereocenters. The number of hydrazine groups is 2. The third-order valence-corrected chi connectivity index (χ3v) is 1.64. The molecule has 0 aliphatic carbocycles. The van der Waals surface area contributed by atoms with Crippen LogP contribution in [-0.4, -0.2) is 0 Å². The minimum Gasteiger partial charge on any atom is -0.295 e. The predicted octanol–water partition coefficient (Wildman–Crippen LogP) is 0.359. The summed E-state index contributed by atoms with van der Waals surface area (Å²) in [5.74, 6) is 0. The zero-order valence-electron chi connectivity index (χ0n) is 3.26. The van der Waals surface area contributed by atoms with E-state index in [1.807, 2.05) is 0 Å². The van der Waals surface area contributed by atoms with Gasteiger partial charge in [0.15, 0.2) is 0 Å². The zero-order chi connectivity index (χ0) is 5.28. The summed E-state index contributed by atoms with van der Waals surface area (Å²) in [5, 5.41) is 0.542. The fourth-order valence-electron chi connectivity index (χ4n) is 0.251. The Balaban J connectivity index is 2.64. The van der Waals surface area contributed by atoms with Crippen LogP contribution in [0.5, 0.6) is 0 Å². The smallest absolute Gasteiger partial charge is 0.150 e. The molecule has 0 bridgehead atoms. The van der Waals surface area contributed by atoms with Crippen LogP contribution in [0.25, 0.3) is 0 Å². The van der Waals surface area contributed by atoms with Crippen molar-refractivity contribution >= 4 is 27.5 Å².